The first-order chi connectivity index (χ1) is 15.9. The number of anilines is 3. The number of carbonyl (C=O) groups excluding carboxylic acids is 2. The van der Waals surface area contributed by atoms with Crippen molar-refractivity contribution in [3.05, 3.63) is 83.9 Å². The number of amides is 3. The van der Waals surface area contributed by atoms with E-state index in [0.29, 0.717) is 22.6 Å². The highest BCUT2D eigenvalue weighted by molar-refractivity contribution is 7.89. The Hall–Kier alpha value is -3.69. The zero-order chi connectivity index (χ0) is 24.9. The van der Waals surface area contributed by atoms with Crippen molar-refractivity contribution in [2.24, 2.45) is 0 Å². The topological polar surface area (TPSA) is 116 Å². The van der Waals surface area contributed by atoms with Crippen LogP contribution in [0.3, 0.4) is 0 Å². The van der Waals surface area contributed by atoms with Crippen LogP contribution in [0.25, 0.3) is 0 Å². The lowest BCUT2D eigenvalue weighted by atomic mass is 10.1. The van der Waals surface area contributed by atoms with E-state index in [4.69, 9.17) is 0 Å². The third kappa shape index (κ3) is 6.90. The molecule has 0 aliphatic carbocycles. The number of para-hydroxylation sites is 1. The number of hydrogen-bond acceptors (Lipinski definition) is 4. The predicted molar refractivity (Wildman–Crippen MR) is 135 cm³/mol. The van der Waals surface area contributed by atoms with Crippen LogP contribution in [0, 0.1) is 6.92 Å². The molecular formula is C25H28N4O4S. The van der Waals surface area contributed by atoms with Crippen LogP contribution >= 0.6 is 0 Å². The third-order valence-electron chi connectivity index (χ3n) is 4.64. The van der Waals surface area contributed by atoms with E-state index >= 15 is 0 Å². The molecule has 34 heavy (non-hydrogen) atoms. The summed E-state index contributed by atoms with van der Waals surface area (Å²) in [5.74, 6) is -0.401. The van der Waals surface area contributed by atoms with Gasteiger partial charge in [-0.1, -0.05) is 24.3 Å². The van der Waals surface area contributed by atoms with Crippen LogP contribution in [0.1, 0.15) is 36.7 Å². The molecule has 4 N–H and O–H groups in total. The highest BCUT2D eigenvalue weighted by Gasteiger charge is 2.22. The second-order valence-corrected chi connectivity index (χ2v) is 10.5. The molecule has 8 nitrogen and oxygen atoms in total. The molecule has 0 aromatic heterocycles. The van der Waals surface area contributed by atoms with Gasteiger partial charge >= 0.3 is 6.03 Å². The Bertz CT molecular complexity index is 1280. The van der Waals surface area contributed by atoms with Crippen LogP contribution in [0.2, 0.25) is 0 Å². The van der Waals surface area contributed by atoms with Crippen LogP contribution in [0.4, 0.5) is 21.9 Å². The Morgan fingerprint density at radius 1 is 0.765 bits per heavy atom. The quantitative estimate of drug-likeness (QED) is 0.399. The molecule has 0 atom stereocenters. The van der Waals surface area contributed by atoms with Crippen molar-refractivity contribution in [1.29, 1.82) is 0 Å². The molecule has 0 heterocycles. The molecule has 0 bridgehead atoms. The Balaban J connectivity index is 1.69. The first kappa shape index (κ1) is 24.9. The van der Waals surface area contributed by atoms with Gasteiger partial charge in [0.1, 0.15) is 0 Å². The molecule has 0 radical (unpaired) electrons. The lowest BCUT2D eigenvalue weighted by molar-refractivity contribution is 0.102. The summed E-state index contributed by atoms with van der Waals surface area (Å²) in [5.41, 5.74) is 2.16. The summed E-state index contributed by atoms with van der Waals surface area (Å²) in [6.07, 6.45) is 0. The van der Waals surface area contributed by atoms with Gasteiger partial charge in [-0.25, -0.2) is 17.9 Å². The van der Waals surface area contributed by atoms with Crippen LogP contribution < -0.4 is 20.7 Å². The van der Waals surface area contributed by atoms with Gasteiger partial charge in [0, 0.05) is 28.2 Å². The standard InChI is InChI=1S/C25H28N4O4S/c1-17-10-13-20(27-24(31)26-19-8-6-5-7-9-19)16-22(17)28-23(30)18-11-14-21(15-12-18)34(32,33)29-25(2,3)4/h5-16,29H,1-4H3,(H,28,30)(H2,26,27,31). The van der Waals surface area contributed by atoms with Crippen molar-refractivity contribution in [2.45, 2.75) is 38.1 Å². The predicted octanol–water partition coefficient (Wildman–Crippen LogP) is 4.97. The van der Waals surface area contributed by atoms with Gasteiger partial charge in [-0.05, 0) is 81.8 Å². The summed E-state index contributed by atoms with van der Waals surface area (Å²) in [7, 11) is -3.69. The van der Waals surface area contributed by atoms with Crippen molar-refractivity contribution < 1.29 is 18.0 Å². The monoisotopic (exact) mass is 480 g/mol. The minimum Gasteiger partial charge on any atom is -0.322 e. The lowest BCUT2D eigenvalue weighted by Gasteiger charge is -2.20. The van der Waals surface area contributed by atoms with Gasteiger partial charge in [-0.2, -0.15) is 0 Å². The van der Waals surface area contributed by atoms with Gasteiger partial charge in [-0.15, -0.1) is 0 Å². The number of sulfonamides is 1. The van der Waals surface area contributed by atoms with E-state index in [-0.39, 0.29) is 4.90 Å². The Morgan fingerprint density at radius 3 is 2.00 bits per heavy atom. The lowest BCUT2D eigenvalue weighted by Crippen LogP contribution is -2.40. The summed E-state index contributed by atoms with van der Waals surface area (Å²) in [6.45, 7) is 7.09. The molecule has 0 fully saturated rings. The molecule has 3 rings (SSSR count). The van der Waals surface area contributed by atoms with E-state index in [1.807, 2.05) is 25.1 Å². The molecule has 3 aromatic carbocycles. The Labute approximate surface area is 199 Å². The second-order valence-electron chi connectivity index (χ2n) is 8.81. The molecule has 0 saturated heterocycles. The largest absolute Gasteiger partial charge is 0.323 e. The van der Waals surface area contributed by atoms with Crippen molar-refractivity contribution in [3.63, 3.8) is 0 Å². The number of benzene rings is 3. The Kier molecular flexibility index (Phi) is 7.38. The first-order valence-corrected chi connectivity index (χ1v) is 12.1. The van der Waals surface area contributed by atoms with Gasteiger partial charge in [0.25, 0.3) is 5.91 Å². The van der Waals surface area contributed by atoms with E-state index < -0.39 is 27.5 Å². The minimum absolute atomic E-state index is 0.0748. The number of urea groups is 1. The van der Waals surface area contributed by atoms with Crippen LogP contribution in [0.5, 0.6) is 0 Å². The maximum absolute atomic E-state index is 12.8. The summed E-state index contributed by atoms with van der Waals surface area (Å²) in [5, 5.41) is 8.28. The molecular weight excluding hydrogens is 452 g/mol. The van der Waals surface area contributed by atoms with Gasteiger partial charge in [-0.3, -0.25) is 4.79 Å². The number of carbonyl (C=O) groups is 2. The first-order valence-electron chi connectivity index (χ1n) is 10.6. The number of aryl methyl sites for hydroxylation is 1. The normalized spacial score (nSPS) is 11.5. The zero-order valence-corrected chi connectivity index (χ0v) is 20.3. The van der Waals surface area contributed by atoms with Crippen LogP contribution in [-0.4, -0.2) is 25.9 Å². The molecule has 0 aliphatic rings. The average molecular weight is 481 g/mol. The summed E-state index contributed by atoms with van der Waals surface area (Å²) in [4.78, 5) is 25.1. The maximum Gasteiger partial charge on any atom is 0.323 e. The molecule has 3 amide bonds. The van der Waals surface area contributed by atoms with Crippen LogP contribution in [0.15, 0.2) is 77.7 Å². The van der Waals surface area contributed by atoms with Crippen molar-refractivity contribution in [3.8, 4) is 0 Å². The highest BCUT2D eigenvalue weighted by Crippen LogP contribution is 2.22. The van der Waals surface area contributed by atoms with E-state index in [1.165, 1.54) is 24.3 Å². The fourth-order valence-electron chi connectivity index (χ4n) is 3.09. The average Bonchev–Trinajstić information content (AvgIpc) is 2.75. The van der Waals surface area contributed by atoms with E-state index in [1.54, 1.807) is 51.1 Å². The van der Waals surface area contributed by atoms with Gasteiger partial charge < -0.3 is 16.0 Å². The molecule has 9 heteroatoms. The second kappa shape index (κ2) is 10.1. The SMILES string of the molecule is Cc1ccc(NC(=O)Nc2ccccc2)cc1NC(=O)c1ccc(S(=O)(=O)NC(C)(C)C)cc1. The number of hydrogen-bond donors (Lipinski definition) is 4. The van der Waals surface area contributed by atoms with Gasteiger partial charge in [0.15, 0.2) is 0 Å². The molecule has 178 valence electrons. The summed E-state index contributed by atoms with van der Waals surface area (Å²) >= 11 is 0. The Morgan fingerprint density at radius 2 is 1.38 bits per heavy atom. The zero-order valence-electron chi connectivity index (χ0n) is 19.5. The van der Waals surface area contributed by atoms with Gasteiger partial charge in [0.05, 0.1) is 4.90 Å². The van der Waals surface area contributed by atoms with Gasteiger partial charge in [0.2, 0.25) is 10.0 Å². The number of rotatable bonds is 6. The molecule has 3 aromatic rings. The van der Waals surface area contributed by atoms with Crippen molar-refractivity contribution in [1.82, 2.24) is 4.72 Å². The van der Waals surface area contributed by atoms with Crippen molar-refractivity contribution >= 4 is 39.0 Å². The highest BCUT2D eigenvalue weighted by atomic mass is 32.2. The molecule has 0 unspecified atom stereocenters. The summed E-state index contributed by atoms with van der Waals surface area (Å²) in [6, 6.07) is 19.5. The van der Waals surface area contributed by atoms with Crippen molar-refractivity contribution in [2.75, 3.05) is 16.0 Å². The van der Waals surface area contributed by atoms with E-state index in [9.17, 15) is 18.0 Å². The molecule has 0 spiro atoms. The number of nitrogens with one attached hydrogen (secondary N) is 4. The summed E-state index contributed by atoms with van der Waals surface area (Å²) < 4.78 is 27.5. The molecule has 0 saturated carbocycles. The van der Waals surface area contributed by atoms with E-state index in [0.717, 1.165) is 5.56 Å². The van der Waals surface area contributed by atoms with Crippen LogP contribution in [-0.2, 0) is 10.0 Å². The third-order valence-corrected chi connectivity index (χ3v) is 6.42. The van der Waals surface area contributed by atoms with E-state index in [2.05, 4.69) is 20.7 Å². The fourth-order valence-corrected chi connectivity index (χ4v) is 4.51. The molecule has 0 aliphatic heterocycles. The fraction of sp³-hybridized carbons (Fsp3) is 0.200. The minimum atomic E-state index is -3.69. The smallest absolute Gasteiger partial charge is 0.322 e. The maximum atomic E-state index is 12.8.